The summed E-state index contributed by atoms with van der Waals surface area (Å²) in [5, 5.41) is 9.40. The van der Waals surface area contributed by atoms with Crippen molar-refractivity contribution in [1.82, 2.24) is 25.1 Å². The van der Waals surface area contributed by atoms with E-state index in [1.807, 2.05) is 36.3 Å². The zero-order valence-electron chi connectivity index (χ0n) is 15.6. The highest BCUT2D eigenvalue weighted by Crippen LogP contribution is 2.28. The Labute approximate surface area is 157 Å². The Kier molecular flexibility index (Phi) is 4.62. The molecule has 0 aliphatic heterocycles. The molecule has 1 aromatic carbocycles. The first-order valence-corrected chi connectivity index (χ1v) is 9.31. The molecule has 0 saturated carbocycles. The summed E-state index contributed by atoms with van der Waals surface area (Å²) in [6.07, 6.45) is 6.21. The van der Waals surface area contributed by atoms with Crippen molar-refractivity contribution in [2.24, 2.45) is 7.05 Å². The van der Waals surface area contributed by atoms with Crippen LogP contribution >= 0.6 is 0 Å². The largest absolute Gasteiger partial charge is 0.352 e. The van der Waals surface area contributed by atoms with Gasteiger partial charge in [-0.15, -0.1) is 0 Å². The Hall–Kier alpha value is -3.15. The second kappa shape index (κ2) is 7.23. The first-order chi connectivity index (χ1) is 13.2. The van der Waals surface area contributed by atoms with E-state index in [0.29, 0.717) is 13.0 Å². The highest BCUT2D eigenvalue weighted by Gasteiger charge is 2.11. The second-order valence-corrected chi connectivity index (χ2v) is 6.86. The number of amides is 1. The average Bonchev–Trinajstić information content (AvgIpc) is 3.28. The molecule has 4 rings (SSSR count). The lowest BCUT2D eigenvalue weighted by Gasteiger charge is -2.06. The fourth-order valence-electron chi connectivity index (χ4n) is 3.37. The fourth-order valence-corrected chi connectivity index (χ4v) is 3.37. The summed E-state index contributed by atoms with van der Waals surface area (Å²) in [6.45, 7) is 2.63. The summed E-state index contributed by atoms with van der Waals surface area (Å²) >= 11 is 0. The van der Waals surface area contributed by atoms with Crippen molar-refractivity contribution in [2.45, 2.75) is 32.7 Å². The average molecular weight is 361 g/mol. The van der Waals surface area contributed by atoms with E-state index in [0.717, 1.165) is 51.6 Å². The number of aromatic nitrogens is 4. The van der Waals surface area contributed by atoms with Crippen LogP contribution in [-0.4, -0.2) is 25.7 Å². The number of pyridine rings is 1. The van der Waals surface area contributed by atoms with E-state index in [4.69, 9.17) is 0 Å². The molecule has 6 nitrogen and oxygen atoms in total. The minimum absolute atomic E-state index is 0.107. The van der Waals surface area contributed by atoms with E-state index < -0.39 is 0 Å². The zero-order chi connectivity index (χ0) is 18.8. The molecule has 27 heavy (non-hydrogen) atoms. The van der Waals surface area contributed by atoms with E-state index in [1.54, 1.807) is 0 Å². The van der Waals surface area contributed by atoms with E-state index in [1.165, 1.54) is 0 Å². The number of benzene rings is 1. The van der Waals surface area contributed by atoms with Crippen molar-refractivity contribution in [2.75, 3.05) is 0 Å². The number of unbranched alkanes of at least 4 members (excludes halogenated alkanes) is 1. The van der Waals surface area contributed by atoms with Gasteiger partial charge >= 0.3 is 0 Å². The van der Waals surface area contributed by atoms with Gasteiger partial charge in [0.15, 0.2) is 0 Å². The van der Waals surface area contributed by atoms with Gasteiger partial charge in [-0.2, -0.15) is 5.10 Å². The Bertz CT molecular complexity index is 1110. The van der Waals surface area contributed by atoms with E-state index in [-0.39, 0.29) is 5.91 Å². The van der Waals surface area contributed by atoms with Crippen LogP contribution in [0.3, 0.4) is 0 Å². The van der Waals surface area contributed by atoms with Gasteiger partial charge in [-0.25, -0.2) is 4.98 Å². The summed E-state index contributed by atoms with van der Waals surface area (Å²) in [4.78, 5) is 19.8. The minimum Gasteiger partial charge on any atom is -0.352 e. The van der Waals surface area contributed by atoms with Gasteiger partial charge in [0, 0.05) is 42.7 Å². The summed E-state index contributed by atoms with van der Waals surface area (Å²) in [5.41, 5.74) is 5.07. The third-order valence-electron chi connectivity index (χ3n) is 4.84. The van der Waals surface area contributed by atoms with Crippen LogP contribution in [0.15, 0.2) is 42.7 Å². The molecule has 1 amide bonds. The molecule has 6 heteroatoms. The predicted molar refractivity (Wildman–Crippen MR) is 107 cm³/mol. The number of hydrogen-bond acceptors (Lipinski definition) is 3. The van der Waals surface area contributed by atoms with Crippen LogP contribution in [0, 0.1) is 0 Å². The Morgan fingerprint density at radius 3 is 3.00 bits per heavy atom. The maximum atomic E-state index is 11.8. The molecule has 0 fully saturated rings. The molecule has 0 aliphatic rings. The Morgan fingerprint density at radius 2 is 2.15 bits per heavy atom. The third kappa shape index (κ3) is 3.43. The highest BCUT2D eigenvalue weighted by molar-refractivity contribution is 6.04. The smallest absolute Gasteiger partial charge is 0.220 e. The summed E-state index contributed by atoms with van der Waals surface area (Å²) in [5.74, 6) is 0.107. The van der Waals surface area contributed by atoms with Gasteiger partial charge in [-0.05, 0) is 29.7 Å². The molecule has 3 aromatic heterocycles. The molecule has 0 unspecified atom stereocenters. The van der Waals surface area contributed by atoms with Crippen LogP contribution in [0.5, 0.6) is 0 Å². The molecule has 0 saturated heterocycles. The monoisotopic (exact) mass is 361 g/mol. The van der Waals surface area contributed by atoms with Gasteiger partial charge in [0.2, 0.25) is 5.91 Å². The lowest BCUT2D eigenvalue weighted by molar-refractivity contribution is -0.121. The number of carbonyl (C=O) groups is 1. The van der Waals surface area contributed by atoms with Gasteiger partial charge in [-0.3, -0.25) is 9.48 Å². The van der Waals surface area contributed by atoms with Crippen LogP contribution < -0.4 is 5.32 Å². The number of nitrogens with zero attached hydrogens (tertiary/aromatic N) is 3. The van der Waals surface area contributed by atoms with Crippen LogP contribution in [0.2, 0.25) is 0 Å². The number of aryl methyl sites for hydroxylation is 1. The number of hydrogen-bond donors (Lipinski definition) is 2. The van der Waals surface area contributed by atoms with Crippen LogP contribution in [-0.2, 0) is 18.4 Å². The number of aromatic amines is 1. The van der Waals surface area contributed by atoms with Gasteiger partial charge < -0.3 is 10.3 Å². The molecule has 0 bridgehead atoms. The van der Waals surface area contributed by atoms with Crippen LogP contribution in [0.25, 0.3) is 33.2 Å². The summed E-state index contributed by atoms with van der Waals surface area (Å²) in [6, 6.07) is 10.3. The molecule has 0 spiro atoms. The van der Waals surface area contributed by atoms with Crippen molar-refractivity contribution in [3.05, 3.63) is 48.3 Å². The number of rotatable bonds is 6. The minimum atomic E-state index is 0.107. The molecule has 0 atom stereocenters. The lowest BCUT2D eigenvalue weighted by atomic mass is 10.1. The third-order valence-corrected chi connectivity index (χ3v) is 4.84. The molecule has 0 aliphatic carbocycles. The number of carbonyl (C=O) groups excluding carboxylic acids is 1. The fraction of sp³-hybridized carbons (Fsp3) is 0.286. The summed E-state index contributed by atoms with van der Waals surface area (Å²) < 4.78 is 1.87. The van der Waals surface area contributed by atoms with Gasteiger partial charge in [0.1, 0.15) is 5.65 Å². The normalized spacial score (nSPS) is 11.3. The lowest BCUT2D eigenvalue weighted by Crippen LogP contribution is -2.22. The SMILES string of the molecule is CCCCC(=O)NCc1cccc(-c2cc3c(ncc4cnn(C)c43)[nH]2)c1. The van der Waals surface area contributed by atoms with Gasteiger partial charge in [0.05, 0.1) is 11.7 Å². The Balaban J connectivity index is 1.61. The van der Waals surface area contributed by atoms with E-state index in [2.05, 4.69) is 45.5 Å². The maximum Gasteiger partial charge on any atom is 0.220 e. The van der Waals surface area contributed by atoms with Crippen molar-refractivity contribution in [3.8, 4) is 11.3 Å². The second-order valence-electron chi connectivity index (χ2n) is 6.86. The van der Waals surface area contributed by atoms with Gasteiger partial charge in [0.25, 0.3) is 0 Å². The first-order valence-electron chi connectivity index (χ1n) is 9.31. The first kappa shape index (κ1) is 17.3. The topological polar surface area (TPSA) is 75.6 Å². The highest BCUT2D eigenvalue weighted by atomic mass is 16.1. The number of nitrogens with one attached hydrogen (secondary N) is 2. The van der Waals surface area contributed by atoms with Crippen molar-refractivity contribution < 1.29 is 4.79 Å². The Morgan fingerprint density at radius 1 is 1.26 bits per heavy atom. The molecule has 138 valence electrons. The predicted octanol–water partition coefficient (Wildman–Crippen LogP) is 3.92. The van der Waals surface area contributed by atoms with Crippen LogP contribution in [0.1, 0.15) is 31.7 Å². The van der Waals surface area contributed by atoms with Crippen molar-refractivity contribution >= 4 is 27.8 Å². The van der Waals surface area contributed by atoms with Crippen molar-refractivity contribution in [3.63, 3.8) is 0 Å². The van der Waals surface area contributed by atoms with Crippen molar-refractivity contribution in [1.29, 1.82) is 0 Å². The molecular formula is C21H23N5O. The van der Waals surface area contributed by atoms with E-state index >= 15 is 0 Å². The number of fused-ring (bicyclic) bond motifs is 3. The molecule has 3 heterocycles. The summed E-state index contributed by atoms with van der Waals surface area (Å²) in [7, 11) is 1.94. The van der Waals surface area contributed by atoms with Gasteiger partial charge in [-0.1, -0.05) is 31.5 Å². The zero-order valence-corrected chi connectivity index (χ0v) is 15.6. The standard InChI is InChI=1S/C21H23N5O/c1-3-4-8-19(27)22-11-14-6-5-7-15(9-14)18-10-17-20-16(13-24-26(20)2)12-23-21(17)25-18/h5-7,9-10,12-13H,3-4,8,11H2,1-2H3,(H,22,27)(H,23,25). The van der Waals surface area contributed by atoms with E-state index in [9.17, 15) is 4.79 Å². The molecular weight excluding hydrogens is 338 g/mol. The molecule has 4 aromatic rings. The number of H-pyrrole nitrogens is 1. The van der Waals surface area contributed by atoms with Crippen LogP contribution in [0.4, 0.5) is 0 Å². The quantitative estimate of drug-likeness (QED) is 0.546. The molecule has 0 radical (unpaired) electrons. The molecule has 2 N–H and O–H groups in total. The maximum absolute atomic E-state index is 11.8.